The third-order valence-corrected chi connectivity index (χ3v) is 3.42. The highest BCUT2D eigenvalue weighted by atomic mass is 16.6. The van der Waals surface area contributed by atoms with E-state index >= 15 is 0 Å². The molecule has 0 bridgehead atoms. The number of hydrogen-bond donors (Lipinski definition) is 1. The molecule has 0 radical (unpaired) electrons. The van der Waals surface area contributed by atoms with Crippen molar-refractivity contribution < 1.29 is 9.53 Å². The summed E-state index contributed by atoms with van der Waals surface area (Å²) in [4.78, 5) is 16.1. The van der Waals surface area contributed by atoms with E-state index in [1.807, 2.05) is 40.2 Å². The smallest absolute Gasteiger partial charge is 0.408 e. The fraction of sp³-hybridized carbons (Fsp3) is 0.750. The predicted molar refractivity (Wildman–Crippen MR) is 84.2 cm³/mol. The van der Waals surface area contributed by atoms with Gasteiger partial charge in [0.25, 0.3) is 0 Å². The summed E-state index contributed by atoms with van der Waals surface area (Å²) in [6.07, 6.45) is 4.28. The molecule has 5 heteroatoms. The summed E-state index contributed by atoms with van der Waals surface area (Å²) in [7, 11) is 0. The number of nitrogens with one attached hydrogen (secondary N) is 1. The van der Waals surface area contributed by atoms with Crippen LogP contribution in [0.15, 0.2) is 12.5 Å². The largest absolute Gasteiger partial charge is 0.444 e. The molecule has 1 unspecified atom stereocenters. The van der Waals surface area contributed by atoms with Crippen LogP contribution in [0, 0.1) is 5.92 Å². The summed E-state index contributed by atoms with van der Waals surface area (Å²) in [6, 6.07) is 0.237. The number of imidazole rings is 1. The molecule has 1 amide bonds. The van der Waals surface area contributed by atoms with Crippen molar-refractivity contribution in [1.29, 1.82) is 0 Å². The topological polar surface area (TPSA) is 56.2 Å². The molecule has 0 spiro atoms. The van der Waals surface area contributed by atoms with E-state index in [2.05, 4.69) is 35.6 Å². The van der Waals surface area contributed by atoms with Crippen molar-refractivity contribution in [3.63, 3.8) is 0 Å². The first-order chi connectivity index (χ1) is 9.65. The van der Waals surface area contributed by atoms with E-state index in [4.69, 9.17) is 4.74 Å². The third-order valence-electron chi connectivity index (χ3n) is 3.42. The van der Waals surface area contributed by atoms with Gasteiger partial charge in [-0.3, -0.25) is 0 Å². The van der Waals surface area contributed by atoms with Crippen molar-refractivity contribution in [3.05, 3.63) is 18.2 Å². The number of carbonyl (C=O) groups excluding carboxylic acids is 1. The lowest BCUT2D eigenvalue weighted by Crippen LogP contribution is -2.35. The molecular weight excluding hydrogens is 266 g/mol. The Kier molecular flexibility index (Phi) is 5.81. The Balaban J connectivity index is 2.82. The molecule has 1 heterocycles. The van der Waals surface area contributed by atoms with Crippen LogP contribution in [0.2, 0.25) is 0 Å². The van der Waals surface area contributed by atoms with Crippen LogP contribution in [0.3, 0.4) is 0 Å². The maximum Gasteiger partial charge on any atom is 0.408 e. The highest BCUT2D eigenvalue weighted by Gasteiger charge is 2.22. The van der Waals surface area contributed by atoms with E-state index in [0.29, 0.717) is 12.0 Å². The Bertz CT molecular complexity index is 460. The number of amides is 1. The van der Waals surface area contributed by atoms with Gasteiger partial charge in [-0.1, -0.05) is 20.8 Å². The average Bonchev–Trinajstić information content (AvgIpc) is 2.75. The first kappa shape index (κ1) is 17.5. The van der Waals surface area contributed by atoms with Gasteiger partial charge >= 0.3 is 6.09 Å². The fourth-order valence-corrected chi connectivity index (χ4v) is 2.47. The van der Waals surface area contributed by atoms with Gasteiger partial charge in [0.15, 0.2) is 0 Å². The second-order valence-corrected chi connectivity index (χ2v) is 6.81. The molecule has 2 atom stereocenters. The van der Waals surface area contributed by atoms with Crippen molar-refractivity contribution in [2.45, 2.75) is 72.6 Å². The van der Waals surface area contributed by atoms with Gasteiger partial charge in [0.05, 0.1) is 24.3 Å². The second kappa shape index (κ2) is 6.96. The standard InChI is InChI=1S/C16H29N3O2/c1-8-13(11(2)3)19-10-17-9-14(19)12(4)18-15(20)21-16(5,6)7/h9-13H,8H2,1-7H3,(H,18,20)/t12-,13?/m0/s1. The summed E-state index contributed by atoms with van der Waals surface area (Å²) in [5.74, 6) is 0.511. The summed E-state index contributed by atoms with van der Waals surface area (Å²) in [6.45, 7) is 14.1. The third kappa shape index (κ3) is 5.06. The van der Waals surface area contributed by atoms with Gasteiger partial charge in [0, 0.05) is 6.04 Å². The van der Waals surface area contributed by atoms with E-state index in [1.54, 1.807) is 0 Å². The molecule has 1 aromatic heterocycles. The molecule has 21 heavy (non-hydrogen) atoms. The molecule has 0 aliphatic rings. The zero-order valence-electron chi connectivity index (χ0n) is 14.3. The van der Waals surface area contributed by atoms with Crippen LogP contribution < -0.4 is 5.32 Å². The number of hydrogen-bond acceptors (Lipinski definition) is 3. The van der Waals surface area contributed by atoms with E-state index < -0.39 is 11.7 Å². The molecule has 120 valence electrons. The number of aromatic nitrogens is 2. The van der Waals surface area contributed by atoms with Gasteiger partial charge in [-0.15, -0.1) is 0 Å². The van der Waals surface area contributed by atoms with Gasteiger partial charge in [-0.05, 0) is 40.0 Å². The zero-order chi connectivity index (χ0) is 16.2. The van der Waals surface area contributed by atoms with Crippen molar-refractivity contribution in [1.82, 2.24) is 14.9 Å². The van der Waals surface area contributed by atoms with Crippen molar-refractivity contribution in [3.8, 4) is 0 Å². The number of nitrogens with zero attached hydrogens (tertiary/aromatic N) is 2. The van der Waals surface area contributed by atoms with Crippen molar-refractivity contribution >= 4 is 6.09 Å². The van der Waals surface area contributed by atoms with E-state index in [9.17, 15) is 4.79 Å². The highest BCUT2D eigenvalue weighted by molar-refractivity contribution is 5.68. The second-order valence-electron chi connectivity index (χ2n) is 6.81. The highest BCUT2D eigenvalue weighted by Crippen LogP contribution is 2.25. The van der Waals surface area contributed by atoms with Gasteiger partial charge in [0.2, 0.25) is 0 Å². The fourth-order valence-electron chi connectivity index (χ4n) is 2.47. The van der Waals surface area contributed by atoms with Crippen LogP contribution in [0.25, 0.3) is 0 Å². The van der Waals surface area contributed by atoms with Gasteiger partial charge in [0.1, 0.15) is 5.60 Å². The average molecular weight is 295 g/mol. The van der Waals surface area contributed by atoms with E-state index in [1.165, 1.54) is 0 Å². The molecule has 1 N–H and O–H groups in total. The molecular formula is C16H29N3O2. The molecule has 0 saturated heterocycles. The molecule has 1 aromatic rings. The minimum atomic E-state index is -0.492. The monoisotopic (exact) mass is 295 g/mol. The van der Waals surface area contributed by atoms with Crippen LogP contribution in [-0.4, -0.2) is 21.2 Å². The number of alkyl carbamates (subject to hydrolysis) is 1. The van der Waals surface area contributed by atoms with Crippen LogP contribution >= 0.6 is 0 Å². The zero-order valence-corrected chi connectivity index (χ0v) is 14.3. The van der Waals surface area contributed by atoms with Gasteiger partial charge in [-0.2, -0.15) is 0 Å². The Labute approximate surface area is 128 Å². The summed E-state index contributed by atoms with van der Waals surface area (Å²) in [5.41, 5.74) is 0.509. The lowest BCUT2D eigenvalue weighted by atomic mass is 10.0. The molecule has 0 aliphatic heterocycles. The Morgan fingerprint density at radius 1 is 1.38 bits per heavy atom. The van der Waals surface area contributed by atoms with Crippen molar-refractivity contribution in [2.75, 3.05) is 0 Å². The van der Waals surface area contributed by atoms with Crippen LogP contribution in [0.5, 0.6) is 0 Å². The summed E-state index contributed by atoms with van der Waals surface area (Å²) >= 11 is 0. The van der Waals surface area contributed by atoms with E-state index in [0.717, 1.165) is 12.1 Å². The Morgan fingerprint density at radius 3 is 2.48 bits per heavy atom. The first-order valence-electron chi connectivity index (χ1n) is 7.67. The van der Waals surface area contributed by atoms with Crippen LogP contribution in [-0.2, 0) is 4.74 Å². The lowest BCUT2D eigenvalue weighted by Gasteiger charge is -2.26. The van der Waals surface area contributed by atoms with Gasteiger partial charge in [-0.25, -0.2) is 9.78 Å². The van der Waals surface area contributed by atoms with Crippen molar-refractivity contribution in [2.24, 2.45) is 5.92 Å². The Hall–Kier alpha value is -1.52. The summed E-state index contributed by atoms with van der Waals surface area (Å²) < 4.78 is 7.46. The van der Waals surface area contributed by atoms with E-state index in [-0.39, 0.29) is 6.04 Å². The Morgan fingerprint density at radius 2 is 2.00 bits per heavy atom. The first-order valence-corrected chi connectivity index (χ1v) is 7.67. The molecule has 1 rings (SSSR count). The number of ether oxygens (including phenoxy) is 1. The maximum absolute atomic E-state index is 11.9. The molecule has 5 nitrogen and oxygen atoms in total. The molecule has 0 aliphatic carbocycles. The van der Waals surface area contributed by atoms with Crippen LogP contribution in [0.1, 0.15) is 72.7 Å². The minimum Gasteiger partial charge on any atom is -0.444 e. The maximum atomic E-state index is 11.9. The lowest BCUT2D eigenvalue weighted by molar-refractivity contribution is 0.0505. The quantitative estimate of drug-likeness (QED) is 0.890. The SMILES string of the molecule is CCC(C(C)C)n1cncc1[C@H](C)NC(=O)OC(C)(C)C. The minimum absolute atomic E-state index is 0.143. The summed E-state index contributed by atoms with van der Waals surface area (Å²) in [5, 5.41) is 2.88. The van der Waals surface area contributed by atoms with Crippen LogP contribution in [0.4, 0.5) is 4.79 Å². The van der Waals surface area contributed by atoms with Gasteiger partial charge < -0.3 is 14.6 Å². The predicted octanol–water partition coefficient (Wildman–Crippen LogP) is 4.08. The number of rotatable bonds is 5. The number of carbonyl (C=O) groups is 1. The molecule has 0 aromatic carbocycles. The normalized spacial score (nSPS) is 14.9. The molecule has 0 fully saturated rings. The molecule has 0 saturated carbocycles.